The molecule has 0 heterocycles. The zero-order chi connectivity index (χ0) is 28.0. The first-order chi connectivity index (χ1) is 16.6. The highest BCUT2D eigenvalue weighted by molar-refractivity contribution is 5.95. The zero-order valence-corrected chi connectivity index (χ0v) is 20.2. The van der Waals surface area contributed by atoms with Crippen LogP contribution in [0.4, 0.5) is 0 Å². The molecule has 0 aromatic heterocycles. The van der Waals surface area contributed by atoms with Crippen LogP contribution in [0.1, 0.15) is 46.0 Å². The number of guanidine groups is 1. The predicted molar refractivity (Wildman–Crippen MR) is 127 cm³/mol. The van der Waals surface area contributed by atoms with Crippen LogP contribution in [0.5, 0.6) is 0 Å². The van der Waals surface area contributed by atoms with Crippen molar-refractivity contribution in [2.75, 3.05) is 6.54 Å². The molecule has 204 valence electrons. The maximum atomic E-state index is 12.9. The van der Waals surface area contributed by atoms with Gasteiger partial charge in [-0.15, -0.1) is 0 Å². The molecule has 0 saturated carbocycles. The number of carbonyl (C=O) groups excluding carboxylic acids is 4. The molecule has 0 radical (unpaired) electrons. The summed E-state index contributed by atoms with van der Waals surface area (Å²) in [4.78, 5) is 75.3. The number of hydrogen-bond acceptors (Lipinski definition) is 8. The maximum Gasteiger partial charge on any atom is 0.326 e. The minimum absolute atomic E-state index is 0.00615. The van der Waals surface area contributed by atoms with Crippen LogP contribution in [0.15, 0.2) is 4.99 Å². The maximum absolute atomic E-state index is 12.9. The molecule has 0 fully saturated rings. The number of rotatable bonds is 17. The molecule has 36 heavy (non-hydrogen) atoms. The summed E-state index contributed by atoms with van der Waals surface area (Å²) in [5.74, 6) is -6.72. The second-order valence-corrected chi connectivity index (χ2v) is 8.35. The van der Waals surface area contributed by atoms with Crippen molar-refractivity contribution in [3.63, 3.8) is 0 Å². The molecule has 0 rings (SSSR count). The first kappa shape index (κ1) is 32.0. The summed E-state index contributed by atoms with van der Waals surface area (Å²) < 4.78 is 0. The first-order valence-corrected chi connectivity index (χ1v) is 11.1. The van der Waals surface area contributed by atoms with Gasteiger partial charge in [-0.3, -0.25) is 29.0 Å². The Hall–Kier alpha value is -3.95. The Morgan fingerprint density at radius 1 is 0.833 bits per heavy atom. The van der Waals surface area contributed by atoms with Crippen LogP contribution in [0.3, 0.4) is 0 Å². The van der Waals surface area contributed by atoms with E-state index in [4.69, 9.17) is 28.0 Å². The van der Waals surface area contributed by atoms with Gasteiger partial charge in [0.2, 0.25) is 23.6 Å². The summed E-state index contributed by atoms with van der Waals surface area (Å²) in [5.41, 5.74) is 21.2. The number of amides is 4. The molecular weight excluding hydrogens is 480 g/mol. The molecule has 0 spiro atoms. The van der Waals surface area contributed by atoms with Crippen molar-refractivity contribution in [1.82, 2.24) is 16.0 Å². The second-order valence-electron chi connectivity index (χ2n) is 8.35. The highest BCUT2D eigenvalue weighted by Gasteiger charge is 2.31. The monoisotopic (exact) mass is 516 g/mol. The Morgan fingerprint density at radius 2 is 1.36 bits per heavy atom. The van der Waals surface area contributed by atoms with Crippen LogP contribution < -0.4 is 38.9 Å². The van der Waals surface area contributed by atoms with Crippen LogP contribution >= 0.6 is 0 Å². The molecule has 0 aromatic rings. The third-order valence-electron chi connectivity index (χ3n) is 4.85. The molecule has 16 nitrogen and oxygen atoms in total. The Bertz CT molecular complexity index is 844. The van der Waals surface area contributed by atoms with Crippen molar-refractivity contribution in [1.29, 1.82) is 0 Å². The number of carbonyl (C=O) groups is 6. The van der Waals surface area contributed by atoms with Crippen LogP contribution in [-0.2, 0) is 28.8 Å². The molecule has 4 amide bonds. The highest BCUT2D eigenvalue weighted by atomic mass is 16.4. The van der Waals surface area contributed by atoms with E-state index in [0.717, 1.165) is 0 Å². The molecule has 0 bridgehead atoms. The van der Waals surface area contributed by atoms with Gasteiger partial charge in [-0.25, -0.2) is 4.79 Å². The van der Waals surface area contributed by atoms with E-state index in [1.54, 1.807) is 13.8 Å². The second kappa shape index (κ2) is 15.9. The van der Waals surface area contributed by atoms with Gasteiger partial charge in [0, 0.05) is 13.0 Å². The molecule has 16 heteroatoms. The SMILES string of the molecule is CC(C)C(NC(=O)C(CCCN=C(N)N)NC(=O)C(CCC(N)=O)NC(=O)C(N)CC(=O)O)C(=O)O. The minimum atomic E-state index is -1.48. The van der Waals surface area contributed by atoms with Gasteiger partial charge in [-0.2, -0.15) is 0 Å². The van der Waals surface area contributed by atoms with Crippen molar-refractivity contribution < 1.29 is 39.0 Å². The van der Waals surface area contributed by atoms with Gasteiger partial charge in [-0.1, -0.05) is 13.8 Å². The third kappa shape index (κ3) is 13.1. The molecular formula is C20H36N8O8. The van der Waals surface area contributed by atoms with E-state index in [9.17, 15) is 33.9 Å². The Labute approximate surface area is 207 Å². The lowest BCUT2D eigenvalue weighted by Gasteiger charge is -2.26. The number of nitrogens with one attached hydrogen (secondary N) is 3. The highest BCUT2D eigenvalue weighted by Crippen LogP contribution is 2.07. The summed E-state index contributed by atoms with van der Waals surface area (Å²) in [6.45, 7) is 3.28. The fraction of sp³-hybridized carbons (Fsp3) is 0.650. The standard InChI is InChI=1S/C20H36N8O8/c1-9(2)15(19(35)36)28-18(34)11(4-3-7-25-20(23)24)27-17(33)12(5-6-13(22)29)26-16(32)10(21)8-14(30)31/h9-12,15H,3-8,21H2,1-2H3,(H2,22,29)(H,26,32)(H,27,33)(H,28,34)(H,30,31)(H,35,36)(H4,23,24,25). The lowest BCUT2D eigenvalue weighted by atomic mass is 10.0. The quantitative estimate of drug-likeness (QED) is 0.0514. The normalized spacial score (nSPS) is 14.0. The number of aliphatic carboxylic acids is 2. The molecule has 0 saturated heterocycles. The van der Waals surface area contributed by atoms with E-state index in [-0.39, 0.29) is 38.2 Å². The zero-order valence-electron chi connectivity index (χ0n) is 20.2. The van der Waals surface area contributed by atoms with Gasteiger partial charge >= 0.3 is 11.9 Å². The third-order valence-corrected chi connectivity index (χ3v) is 4.85. The molecule has 4 atom stereocenters. The number of nitrogens with two attached hydrogens (primary N) is 4. The summed E-state index contributed by atoms with van der Waals surface area (Å²) in [6, 6.07) is -5.37. The topological polar surface area (TPSA) is 295 Å². The van der Waals surface area contributed by atoms with Gasteiger partial charge < -0.3 is 49.1 Å². The van der Waals surface area contributed by atoms with Gasteiger partial charge in [0.25, 0.3) is 0 Å². The Balaban J connectivity index is 5.70. The van der Waals surface area contributed by atoms with Crippen molar-refractivity contribution in [2.45, 2.75) is 70.1 Å². The van der Waals surface area contributed by atoms with Crippen molar-refractivity contribution in [2.24, 2.45) is 33.8 Å². The van der Waals surface area contributed by atoms with Crippen molar-refractivity contribution in [3.05, 3.63) is 0 Å². The average Bonchev–Trinajstić information content (AvgIpc) is 2.75. The largest absolute Gasteiger partial charge is 0.481 e. The van der Waals surface area contributed by atoms with Crippen LogP contribution in [0.2, 0.25) is 0 Å². The van der Waals surface area contributed by atoms with E-state index in [0.29, 0.717) is 0 Å². The Kier molecular flexibility index (Phi) is 14.1. The number of aliphatic imine (C=N–C) groups is 1. The molecule has 0 aliphatic heterocycles. The molecule has 0 aliphatic carbocycles. The number of hydrogen-bond donors (Lipinski definition) is 9. The van der Waals surface area contributed by atoms with E-state index in [1.807, 2.05) is 0 Å². The van der Waals surface area contributed by atoms with E-state index < -0.39 is 72.1 Å². The first-order valence-electron chi connectivity index (χ1n) is 11.1. The van der Waals surface area contributed by atoms with E-state index in [2.05, 4.69) is 20.9 Å². The predicted octanol–water partition coefficient (Wildman–Crippen LogP) is -3.70. The summed E-state index contributed by atoms with van der Waals surface area (Å²) in [7, 11) is 0. The minimum Gasteiger partial charge on any atom is -0.481 e. The van der Waals surface area contributed by atoms with Crippen LogP contribution in [-0.4, -0.2) is 82.5 Å². The molecule has 13 N–H and O–H groups in total. The lowest BCUT2D eigenvalue weighted by Crippen LogP contribution is -2.57. The summed E-state index contributed by atoms with van der Waals surface area (Å²) >= 11 is 0. The van der Waals surface area contributed by atoms with Gasteiger partial charge in [0.1, 0.15) is 18.1 Å². The van der Waals surface area contributed by atoms with Gasteiger partial charge in [0.05, 0.1) is 12.5 Å². The lowest BCUT2D eigenvalue weighted by molar-refractivity contribution is -0.143. The fourth-order valence-electron chi connectivity index (χ4n) is 2.93. The molecule has 0 aliphatic rings. The molecule has 0 aromatic carbocycles. The van der Waals surface area contributed by atoms with Gasteiger partial charge in [-0.05, 0) is 25.2 Å². The summed E-state index contributed by atoms with van der Waals surface area (Å²) in [5, 5.41) is 25.2. The summed E-state index contributed by atoms with van der Waals surface area (Å²) in [6.07, 6.45) is -1.08. The van der Waals surface area contributed by atoms with E-state index in [1.165, 1.54) is 0 Å². The van der Waals surface area contributed by atoms with Crippen molar-refractivity contribution >= 4 is 41.5 Å². The average molecular weight is 517 g/mol. The van der Waals surface area contributed by atoms with Crippen molar-refractivity contribution in [3.8, 4) is 0 Å². The smallest absolute Gasteiger partial charge is 0.326 e. The number of carboxylic acid groups (broad SMARTS) is 2. The number of nitrogens with zero attached hydrogens (tertiary/aromatic N) is 1. The van der Waals surface area contributed by atoms with Crippen LogP contribution in [0.25, 0.3) is 0 Å². The van der Waals surface area contributed by atoms with Crippen LogP contribution in [0, 0.1) is 5.92 Å². The fourth-order valence-corrected chi connectivity index (χ4v) is 2.93. The molecule has 4 unspecified atom stereocenters. The Morgan fingerprint density at radius 3 is 1.83 bits per heavy atom. The van der Waals surface area contributed by atoms with E-state index >= 15 is 0 Å². The van der Waals surface area contributed by atoms with Gasteiger partial charge in [0.15, 0.2) is 5.96 Å². The number of carboxylic acids is 2. The number of primary amides is 1.